The van der Waals surface area contributed by atoms with Gasteiger partial charge in [-0.1, -0.05) is 19.9 Å². The van der Waals surface area contributed by atoms with Crippen LogP contribution in [0.2, 0.25) is 0 Å². The number of sulfonamides is 1. The van der Waals surface area contributed by atoms with E-state index in [1.54, 1.807) is 23.5 Å². The molecule has 0 amide bonds. The summed E-state index contributed by atoms with van der Waals surface area (Å²) < 4.78 is 23.5. The topological polar surface area (TPSA) is 98.2 Å². The second-order valence-electron chi connectivity index (χ2n) is 5.18. The van der Waals surface area contributed by atoms with Gasteiger partial charge >= 0.3 is 0 Å². The molecule has 21 heavy (non-hydrogen) atoms. The van der Waals surface area contributed by atoms with Gasteiger partial charge in [-0.2, -0.15) is 0 Å². The lowest BCUT2D eigenvalue weighted by Gasteiger charge is -2.24. The van der Waals surface area contributed by atoms with Crippen LogP contribution in [0.25, 0.3) is 0 Å². The number of hydrogen-bond donors (Lipinski definition) is 3. The lowest BCUT2D eigenvalue weighted by Crippen LogP contribution is -2.20. The molecular weight excluding hydrogens is 306 g/mol. The summed E-state index contributed by atoms with van der Waals surface area (Å²) in [6, 6.07) is 8.69. The number of thiophene rings is 1. The van der Waals surface area contributed by atoms with Gasteiger partial charge < -0.3 is 11.1 Å². The van der Waals surface area contributed by atoms with Crippen molar-refractivity contribution in [2.45, 2.75) is 24.8 Å². The van der Waals surface area contributed by atoms with Crippen LogP contribution < -0.4 is 16.2 Å². The molecule has 1 aromatic carbocycles. The fourth-order valence-corrected chi connectivity index (χ4v) is 3.78. The molecule has 0 spiro atoms. The molecule has 7 heteroatoms. The predicted molar refractivity (Wildman–Crippen MR) is 87.7 cm³/mol. The summed E-state index contributed by atoms with van der Waals surface area (Å²) in [6.45, 7) is 4.15. The first kappa shape index (κ1) is 15.8. The smallest absolute Gasteiger partial charge is 0.240 e. The van der Waals surface area contributed by atoms with Crippen molar-refractivity contribution in [3.63, 3.8) is 0 Å². The van der Waals surface area contributed by atoms with E-state index in [4.69, 9.17) is 10.9 Å². The first-order valence-electron chi connectivity index (χ1n) is 6.51. The largest absolute Gasteiger partial charge is 0.399 e. The van der Waals surface area contributed by atoms with Crippen LogP contribution in [-0.2, 0) is 10.0 Å². The maximum atomic E-state index is 11.7. The number of anilines is 2. The lowest BCUT2D eigenvalue weighted by molar-refractivity contribution is 0.552. The Balaban J connectivity index is 2.43. The van der Waals surface area contributed by atoms with Crippen molar-refractivity contribution in [1.29, 1.82) is 0 Å². The third-order valence-corrected chi connectivity index (χ3v) is 5.05. The van der Waals surface area contributed by atoms with Crippen molar-refractivity contribution in [3.05, 3.63) is 40.6 Å². The van der Waals surface area contributed by atoms with Crippen LogP contribution in [0.4, 0.5) is 11.4 Å². The molecule has 1 heterocycles. The Labute approximate surface area is 129 Å². The highest BCUT2D eigenvalue weighted by Crippen LogP contribution is 2.32. The number of nitrogens with one attached hydrogen (secondary N) is 1. The number of nitrogen functional groups attached to an aromatic ring is 1. The van der Waals surface area contributed by atoms with Gasteiger partial charge in [0, 0.05) is 10.6 Å². The molecule has 2 aromatic rings. The Hall–Kier alpha value is -1.57. The standard InChI is InChI=1S/C14H19N3O2S2/c1-9(2)14(12-4-3-7-20-12)17-11-6-5-10(15)8-13(11)21(16,18)19/h3-9,14,17H,15H2,1-2H3,(H2,16,18,19). The van der Waals surface area contributed by atoms with Crippen molar-refractivity contribution < 1.29 is 8.42 Å². The molecule has 0 bridgehead atoms. The van der Waals surface area contributed by atoms with Gasteiger partial charge in [-0.3, -0.25) is 0 Å². The molecule has 0 saturated heterocycles. The summed E-state index contributed by atoms with van der Waals surface area (Å²) in [5.41, 5.74) is 6.50. The first-order valence-corrected chi connectivity index (χ1v) is 8.94. The summed E-state index contributed by atoms with van der Waals surface area (Å²) in [5.74, 6) is 0.287. The molecule has 1 unspecified atom stereocenters. The Kier molecular flexibility index (Phi) is 4.55. The second kappa shape index (κ2) is 6.05. The van der Waals surface area contributed by atoms with Gasteiger partial charge in [-0.05, 0) is 35.6 Å². The van der Waals surface area contributed by atoms with E-state index in [9.17, 15) is 8.42 Å². The van der Waals surface area contributed by atoms with Gasteiger partial charge in [0.05, 0.1) is 11.7 Å². The number of nitrogens with two attached hydrogens (primary N) is 2. The molecule has 114 valence electrons. The molecule has 0 aliphatic carbocycles. The molecule has 0 fully saturated rings. The fourth-order valence-electron chi connectivity index (χ4n) is 2.10. The van der Waals surface area contributed by atoms with Crippen LogP contribution in [-0.4, -0.2) is 8.42 Å². The molecule has 1 atom stereocenters. The molecular formula is C14H19N3O2S2. The maximum absolute atomic E-state index is 11.7. The quantitative estimate of drug-likeness (QED) is 0.736. The van der Waals surface area contributed by atoms with E-state index in [0.29, 0.717) is 11.4 Å². The molecule has 5 N–H and O–H groups in total. The van der Waals surface area contributed by atoms with Crippen LogP contribution >= 0.6 is 11.3 Å². The van der Waals surface area contributed by atoms with Crippen LogP contribution in [0.15, 0.2) is 40.6 Å². The Bertz CT molecular complexity index is 710. The lowest BCUT2D eigenvalue weighted by atomic mass is 10.0. The van der Waals surface area contributed by atoms with Gasteiger partial charge in [-0.25, -0.2) is 13.6 Å². The van der Waals surface area contributed by atoms with E-state index in [2.05, 4.69) is 19.2 Å². The molecule has 0 aliphatic rings. The van der Waals surface area contributed by atoms with E-state index in [1.807, 2.05) is 17.5 Å². The monoisotopic (exact) mass is 325 g/mol. The molecule has 0 aliphatic heterocycles. The van der Waals surface area contributed by atoms with Crippen molar-refractivity contribution in [2.24, 2.45) is 11.1 Å². The first-order chi connectivity index (χ1) is 9.79. The van der Waals surface area contributed by atoms with Crippen LogP contribution in [0.5, 0.6) is 0 Å². The zero-order chi connectivity index (χ0) is 15.6. The number of benzene rings is 1. The van der Waals surface area contributed by atoms with E-state index in [0.717, 1.165) is 4.88 Å². The van der Waals surface area contributed by atoms with Gasteiger partial charge in [-0.15, -0.1) is 11.3 Å². The average molecular weight is 325 g/mol. The minimum atomic E-state index is -3.84. The van der Waals surface area contributed by atoms with E-state index >= 15 is 0 Å². The minimum Gasteiger partial charge on any atom is -0.399 e. The van der Waals surface area contributed by atoms with Gasteiger partial charge in [0.25, 0.3) is 0 Å². The highest BCUT2D eigenvalue weighted by molar-refractivity contribution is 7.89. The van der Waals surface area contributed by atoms with Gasteiger partial charge in [0.2, 0.25) is 10.0 Å². The highest BCUT2D eigenvalue weighted by Gasteiger charge is 2.21. The third-order valence-electron chi connectivity index (χ3n) is 3.14. The number of primary sulfonamides is 1. The summed E-state index contributed by atoms with van der Waals surface area (Å²) in [5, 5.41) is 10.6. The molecule has 1 aromatic heterocycles. The third kappa shape index (κ3) is 3.75. The van der Waals surface area contributed by atoms with Gasteiger partial charge in [0.15, 0.2) is 0 Å². The normalized spacial score (nSPS) is 13.3. The molecule has 0 saturated carbocycles. The molecule has 5 nitrogen and oxygen atoms in total. The Morgan fingerprint density at radius 2 is 1.95 bits per heavy atom. The van der Waals surface area contributed by atoms with Crippen molar-refractivity contribution in [2.75, 3.05) is 11.1 Å². The number of rotatable bonds is 5. The van der Waals surface area contributed by atoms with Crippen molar-refractivity contribution in [1.82, 2.24) is 0 Å². The Morgan fingerprint density at radius 1 is 1.24 bits per heavy atom. The SMILES string of the molecule is CC(C)C(Nc1ccc(N)cc1S(N)(=O)=O)c1cccs1. The highest BCUT2D eigenvalue weighted by atomic mass is 32.2. The minimum absolute atomic E-state index is 0.00845. The fraction of sp³-hybridized carbons (Fsp3) is 0.286. The molecule has 2 rings (SSSR count). The molecule has 0 radical (unpaired) electrons. The van der Waals surface area contributed by atoms with Gasteiger partial charge in [0.1, 0.15) is 4.90 Å². The maximum Gasteiger partial charge on any atom is 0.240 e. The predicted octanol–water partition coefficient (Wildman–Crippen LogP) is 2.79. The average Bonchev–Trinajstić information content (AvgIpc) is 2.89. The van der Waals surface area contributed by atoms with Crippen LogP contribution in [0.3, 0.4) is 0 Å². The zero-order valence-corrected chi connectivity index (χ0v) is 13.5. The van der Waals surface area contributed by atoms with Crippen LogP contribution in [0.1, 0.15) is 24.8 Å². The summed E-state index contributed by atoms with van der Waals surface area (Å²) in [6.07, 6.45) is 0. The van der Waals surface area contributed by atoms with Crippen LogP contribution in [0, 0.1) is 5.92 Å². The zero-order valence-electron chi connectivity index (χ0n) is 11.9. The van der Waals surface area contributed by atoms with E-state index in [-0.39, 0.29) is 16.9 Å². The summed E-state index contributed by atoms with van der Waals surface area (Å²) in [4.78, 5) is 1.16. The summed E-state index contributed by atoms with van der Waals surface area (Å²) in [7, 11) is -3.84. The second-order valence-corrected chi connectivity index (χ2v) is 7.69. The Morgan fingerprint density at radius 3 is 2.48 bits per heavy atom. The van der Waals surface area contributed by atoms with Crippen molar-refractivity contribution in [3.8, 4) is 0 Å². The van der Waals surface area contributed by atoms with Crippen molar-refractivity contribution >= 4 is 32.7 Å². The summed E-state index contributed by atoms with van der Waals surface area (Å²) >= 11 is 1.63. The number of hydrogen-bond acceptors (Lipinski definition) is 5. The van der Waals surface area contributed by atoms with E-state index in [1.165, 1.54) is 6.07 Å². The van der Waals surface area contributed by atoms with E-state index < -0.39 is 10.0 Å².